The monoisotopic (exact) mass is 335 g/mol. The molecule has 2 aromatic carbocycles. The van der Waals surface area contributed by atoms with Crippen molar-refractivity contribution in [2.24, 2.45) is 5.10 Å². The SMILES string of the molecule is COc1ccc(/C(C)=N/Nc2cc(C)c3ccccc3n2)c(OC)c1. The van der Waals surface area contributed by atoms with Gasteiger partial charge < -0.3 is 9.47 Å². The predicted octanol–water partition coefficient (Wildman–Crippen LogP) is 4.40. The number of rotatable bonds is 5. The van der Waals surface area contributed by atoms with E-state index in [4.69, 9.17) is 9.47 Å². The Hall–Kier alpha value is -3.08. The molecule has 0 atom stereocenters. The topological polar surface area (TPSA) is 55.7 Å². The number of aryl methyl sites for hydroxylation is 1. The van der Waals surface area contributed by atoms with Gasteiger partial charge in [0.05, 0.1) is 25.4 Å². The van der Waals surface area contributed by atoms with E-state index >= 15 is 0 Å². The first-order valence-corrected chi connectivity index (χ1v) is 8.01. The molecule has 3 rings (SSSR count). The number of hydrogen-bond acceptors (Lipinski definition) is 5. The van der Waals surface area contributed by atoms with Crippen LogP contribution in [0.3, 0.4) is 0 Å². The summed E-state index contributed by atoms with van der Waals surface area (Å²) in [6.07, 6.45) is 0. The molecule has 0 aliphatic carbocycles. The van der Waals surface area contributed by atoms with Crippen LogP contribution in [0.4, 0.5) is 5.82 Å². The van der Waals surface area contributed by atoms with E-state index in [1.165, 1.54) is 0 Å². The molecule has 3 aromatic rings. The minimum atomic E-state index is 0.711. The number of anilines is 1. The molecule has 25 heavy (non-hydrogen) atoms. The third-order valence-corrected chi connectivity index (χ3v) is 4.06. The van der Waals surface area contributed by atoms with E-state index < -0.39 is 0 Å². The standard InChI is InChI=1S/C20H21N3O2/c1-13-11-20(21-18-8-6-5-7-16(13)18)23-22-14(2)17-10-9-15(24-3)12-19(17)25-4/h5-12H,1-4H3,(H,21,23)/b22-14+. The highest BCUT2D eigenvalue weighted by Crippen LogP contribution is 2.25. The summed E-state index contributed by atoms with van der Waals surface area (Å²) in [5, 5.41) is 5.60. The van der Waals surface area contributed by atoms with Crippen LogP contribution >= 0.6 is 0 Å². The Bertz CT molecular complexity index is 935. The quantitative estimate of drug-likeness (QED) is 0.555. The summed E-state index contributed by atoms with van der Waals surface area (Å²) in [6.45, 7) is 3.99. The van der Waals surface area contributed by atoms with Gasteiger partial charge in [0.2, 0.25) is 0 Å². The van der Waals surface area contributed by atoms with Crippen LogP contribution in [0.2, 0.25) is 0 Å². The molecule has 0 fully saturated rings. The van der Waals surface area contributed by atoms with Gasteiger partial charge in [-0.15, -0.1) is 0 Å². The van der Waals surface area contributed by atoms with E-state index in [1.807, 2.05) is 49.4 Å². The molecule has 0 aliphatic rings. The second kappa shape index (κ2) is 7.21. The maximum Gasteiger partial charge on any atom is 0.147 e. The third-order valence-electron chi connectivity index (χ3n) is 4.06. The first kappa shape index (κ1) is 16.8. The molecule has 0 aliphatic heterocycles. The third kappa shape index (κ3) is 3.55. The lowest BCUT2D eigenvalue weighted by molar-refractivity contribution is 0.394. The highest BCUT2D eigenvalue weighted by Gasteiger charge is 2.08. The fourth-order valence-corrected chi connectivity index (χ4v) is 2.71. The van der Waals surface area contributed by atoms with E-state index in [-0.39, 0.29) is 0 Å². The Morgan fingerprint density at radius 2 is 1.84 bits per heavy atom. The van der Waals surface area contributed by atoms with Gasteiger partial charge in [0, 0.05) is 17.0 Å². The minimum Gasteiger partial charge on any atom is -0.497 e. The summed E-state index contributed by atoms with van der Waals surface area (Å²) in [4.78, 5) is 4.60. The fourth-order valence-electron chi connectivity index (χ4n) is 2.71. The molecule has 1 N–H and O–H groups in total. The second-order valence-corrected chi connectivity index (χ2v) is 5.72. The first-order valence-electron chi connectivity index (χ1n) is 8.01. The van der Waals surface area contributed by atoms with Crippen LogP contribution in [-0.4, -0.2) is 24.9 Å². The summed E-state index contributed by atoms with van der Waals surface area (Å²) in [6, 6.07) is 15.7. The number of nitrogens with one attached hydrogen (secondary N) is 1. The van der Waals surface area contributed by atoms with Gasteiger partial charge in [-0.2, -0.15) is 5.10 Å². The zero-order chi connectivity index (χ0) is 17.8. The number of aromatic nitrogens is 1. The van der Waals surface area contributed by atoms with Crippen LogP contribution in [0.1, 0.15) is 18.1 Å². The second-order valence-electron chi connectivity index (χ2n) is 5.72. The lowest BCUT2D eigenvalue weighted by atomic mass is 10.1. The number of hydrogen-bond donors (Lipinski definition) is 1. The molecule has 0 amide bonds. The maximum absolute atomic E-state index is 5.43. The van der Waals surface area contributed by atoms with Crippen LogP contribution in [0.15, 0.2) is 53.6 Å². The van der Waals surface area contributed by atoms with Gasteiger partial charge in [0.1, 0.15) is 17.3 Å². The zero-order valence-corrected chi connectivity index (χ0v) is 14.8. The van der Waals surface area contributed by atoms with Crippen LogP contribution in [0.25, 0.3) is 10.9 Å². The summed E-state index contributed by atoms with van der Waals surface area (Å²) in [7, 11) is 3.26. The molecule has 0 unspecified atom stereocenters. The van der Waals surface area contributed by atoms with Gasteiger partial charge in [-0.3, -0.25) is 5.43 Å². The molecule has 1 aromatic heterocycles. The Labute approximate surface area is 147 Å². The van der Waals surface area contributed by atoms with Crippen molar-refractivity contribution in [2.45, 2.75) is 13.8 Å². The number of fused-ring (bicyclic) bond motifs is 1. The Balaban J connectivity index is 1.89. The van der Waals surface area contributed by atoms with Gasteiger partial charge in [-0.25, -0.2) is 4.98 Å². The number of pyridine rings is 1. The number of para-hydroxylation sites is 1. The minimum absolute atomic E-state index is 0.711. The van der Waals surface area contributed by atoms with Gasteiger partial charge >= 0.3 is 0 Å². The lowest BCUT2D eigenvalue weighted by Crippen LogP contribution is -2.04. The van der Waals surface area contributed by atoms with Crippen molar-refractivity contribution in [1.29, 1.82) is 0 Å². The molecule has 0 saturated carbocycles. The van der Waals surface area contributed by atoms with Gasteiger partial charge in [-0.05, 0) is 43.7 Å². The molecule has 0 spiro atoms. The number of benzene rings is 2. The molecule has 128 valence electrons. The van der Waals surface area contributed by atoms with Crippen molar-refractivity contribution in [3.8, 4) is 11.5 Å². The van der Waals surface area contributed by atoms with E-state index in [0.29, 0.717) is 11.6 Å². The fraction of sp³-hybridized carbons (Fsp3) is 0.200. The number of methoxy groups -OCH3 is 2. The first-order chi connectivity index (χ1) is 12.1. The van der Waals surface area contributed by atoms with Crippen molar-refractivity contribution < 1.29 is 9.47 Å². The Morgan fingerprint density at radius 1 is 1.04 bits per heavy atom. The smallest absolute Gasteiger partial charge is 0.147 e. The number of ether oxygens (including phenoxy) is 2. The highest BCUT2D eigenvalue weighted by molar-refractivity contribution is 6.01. The summed E-state index contributed by atoms with van der Waals surface area (Å²) in [5.41, 5.74) is 6.84. The lowest BCUT2D eigenvalue weighted by Gasteiger charge is -2.11. The average Bonchev–Trinajstić information content (AvgIpc) is 2.65. The van der Waals surface area contributed by atoms with E-state index in [2.05, 4.69) is 28.5 Å². The number of nitrogens with zero attached hydrogens (tertiary/aromatic N) is 2. The van der Waals surface area contributed by atoms with Crippen molar-refractivity contribution in [3.63, 3.8) is 0 Å². The molecular weight excluding hydrogens is 314 g/mol. The van der Waals surface area contributed by atoms with Crippen molar-refractivity contribution >= 4 is 22.4 Å². The highest BCUT2D eigenvalue weighted by atomic mass is 16.5. The summed E-state index contributed by atoms with van der Waals surface area (Å²) >= 11 is 0. The Morgan fingerprint density at radius 3 is 2.60 bits per heavy atom. The average molecular weight is 335 g/mol. The van der Waals surface area contributed by atoms with Gasteiger partial charge in [-0.1, -0.05) is 18.2 Å². The maximum atomic E-state index is 5.43. The zero-order valence-electron chi connectivity index (χ0n) is 14.8. The van der Waals surface area contributed by atoms with E-state index in [0.717, 1.165) is 33.5 Å². The molecule has 0 radical (unpaired) electrons. The number of hydrazone groups is 1. The van der Waals surface area contributed by atoms with Crippen molar-refractivity contribution in [3.05, 3.63) is 59.7 Å². The van der Waals surface area contributed by atoms with Crippen molar-refractivity contribution in [2.75, 3.05) is 19.6 Å². The molecule has 0 saturated heterocycles. The molecule has 5 heteroatoms. The van der Waals surface area contributed by atoms with E-state index in [9.17, 15) is 0 Å². The largest absolute Gasteiger partial charge is 0.497 e. The van der Waals surface area contributed by atoms with Crippen molar-refractivity contribution in [1.82, 2.24) is 4.98 Å². The van der Waals surface area contributed by atoms with Crippen LogP contribution in [0, 0.1) is 6.92 Å². The molecule has 0 bridgehead atoms. The van der Waals surface area contributed by atoms with Crippen LogP contribution in [-0.2, 0) is 0 Å². The van der Waals surface area contributed by atoms with Crippen LogP contribution < -0.4 is 14.9 Å². The van der Waals surface area contributed by atoms with E-state index in [1.54, 1.807) is 14.2 Å². The summed E-state index contributed by atoms with van der Waals surface area (Å²) < 4.78 is 10.7. The normalized spacial score (nSPS) is 11.4. The predicted molar refractivity (Wildman–Crippen MR) is 102 cm³/mol. The summed E-state index contributed by atoms with van der Waals surface area (Å²) in [5.74, 6) is 2.17. The molecular formula is C20H21N3O2. The molecule has 5 nitrogen and oxygen atoms in total. The van der Waals surface area contributed by atoms with Crippen LogP contribution in [0.5, 0.6) is 11.5 Å². The van der Waals surface area contributed by atoms with Gasteiger partial charge in [0.25, 0.3) is 0 Å². The van der Waals surface area contributed by atoms with Gasteiger partial charge in [0.15, 0.2) is 0 Å². The Kier molecular flexibility index (Phi) is 4.84. The molecule has 1 heterocycles.